The summed E-state index contributed by atoms with van der Waals surface area (Å²) < 4.78 is 19.8. The van der Waals surface area contributed by atoms with Crippen molar-refractivity contribution in [3.63, 3.8) is 0 Å². The van der Waals surface area contributed by atoms with Crippen LogP contribution in [0.25, 0.3) is 0 Å². The Labute approximate surface area is 131 Å². The van der Waals surface area contributed by atoms with Crippen molar-refractivity contribution in [2.75, 3.05) is 5.32 Å². The van der Waals surface area contributed by atoms with Crippen molar-refractivity contribution < 1.29 is 13.9 Å². The molecule has 21 heavy (non-hydrogen) atoms. The van der Waals surface area contributed by atoms with E-state index in [4.69, 9.17) is 4.74 Å². The number of carbonyl (C=O) groups is 1. The number of carbonyl (C=O) groups excluding carboxylic acids is 1. The summed E-state index contributed by atoms with van der Waals surface area (Å²) in [6, 6.07) is 11.6. The normalized spacial score (nSPS) is 11.8. The smallest absolute Gasteiger partial charge is 0.265 e. The van der Waals surface area contributed by atoms with E-state index in [-0.39, 0.29) is 5.69 Å². The van der Waals surface area contributed by atoms with Crippen LogP contribution in [0.15, 0.2) is 46.9 Å². The molecular formula is C16H15BrFNO2. The van der Waals surface area contributed by atoms with Gasteiger partial charge in [-0.2, -0.15) is 0 Å². The third-order valence-electron chi connectivity index (χ3n) is 2.89. The lowest BCUT2D eigenvalue weighted by atomic mass is 10.2. The molecule has 0 fully saturated rings. The maximum Gasteiger partial charge on any atom is 0.265 e. The van der Waals surface area contributed by atoms with Gasteiger partial charge in [-0.3, -0.25) is 4.79 Å². The summed E-state index contributed by atoms with van der Waals surface area (Å²) in [5.74, 6) is -0.320. The number of aryl methyl sites for hydroxylation is 1. The first kappa shape index (κ1) is 15.5. The second-order valence-corrected chi connectivity index (χ2v) is 5.52. The highest BCUT2D eigenvalue weighted by atomic mass is 79.9. The van der Waals surface area contributed by atoms with Gasteiger partial charge in [-0.1, -0.05) is 18.2 Å². The van der Waals surface area contributed by atoms with Gasteiger partial charge in [-0.05, 0) is 59.6 Å². The van der Waals surface area contributed by atoms with Gasteiger partial charge in [0.1, 0.15) is 11.6 Å². The Hall–Kier alpha value is -1.88. The molecule has 2 aromatic rings. The topological polar surface area (TPSA) is 38.3 Å². The average Bonchev–Trinajstić information content (AvgIpc) is 2.44. The van der Waals surface area contributed by atoms with Gasteiger partial charge in [-0.15, -0.1) is 0 Å². The molecule has 0 aliphatic heterocycles. The Kier molecular flexibility index (Phi) is 4.96. The van der Waals surface area contributed by atoms with Crippen LogP contribution < -0.4 is 10.1 Å². The molecule has 1 amide bonds. The molecule has 0 aliphatic rings. The summed E-state index contributed by atoms with van der Waals surface area (Å²) in [5, 5.41) is 2.51. The monoisotopic (exact) mass is 351 g/mol. The van der Waals surface area contributed by atoms with Gasteiger partial charge in [0, 0.05) is 0 Å². The van der Waals surface area contributed by atoms with E-state index < -0.39 is 17.8 Å². The fraction of sp³-hybridized carbons (Fsp3) is 0.188. The number of hydrogen-bond acceptors (Lipinski definition) is 2. The van der Waals surface area contributed by atoms with Gasteiger partial charge in [0.05, 0.1) is 10.2 Å². The fourth-order valence-electron chi connectivity index (χ4n) is 1.74. The number of benzene rings is 2. The zero-order valence-electron chi connectivity index (χ0n) is 11.7. The Morgan fingerprint density at radius 3 is 2.67 bits per heavy atom. The lowest BCUT2D eigenvalue weighted by molar-refractivity contribution is -0.122. The number of nitrogens with one attached hydrogen (secondary N) is 1. The average molecular weight is 352 g/mol. The number of rotatable bonds is 4. The number of ether oxygens (including phenoxy) is 1. The van der Waals surface area contributed by atoms with Crippen molar-refractivity contribution in [3.05, 3.63) is 58.3 Å². The summed E-state index contributed by atoms with van der Waals surface area (Å²) in [6.45, 7) is 3.57. The van der Waals surface area contributed by atoms with Crippen LogP contribution in [0.5, 0.6) is 5.75 Å². The molecule has 0 aromatic heterocycles. The van der Waals surface area contributed by atoms with E-state index in [0.29, 0.717) is 5.75 Å². The van der Waals surface area contributed by atoms with Crippen molar-refractivity contribution in [2.45, 2.75) is 20.0 Å². The van der Waals surface area contributed by atoms with E-state index in [1.165, 1.54) is 12.1 Å². The van der Waals surface area contributed by atoms with Gasteiger partial charge in [0.25, 0.3) is 5.91 Å². The van der Waals surface area contributed by atoms with Crippen LogP contribution in [-0.2, 0) is 4.79 Å². The molecule has 0 bridgehead atoms. The maximum absolute atomic E-state index is 13.5. The summed E-state index contributed by atoms with van der Waals surface area (Å²) in [4.78, 5) is 12.0. The highest BCUT2D eigenvalue weighted by molar-refractivity contribution is 9.10. The van der Waals surface area contributed by atoms with Crippen LogP contribution in [0.3, 0.4) is 0 Å². The highest BCUT2D eigenvalue weighted by Crippen LogP contribution is 2.27. The Morgan fingerprint density at radius 1 is 1.29 bits per heavy atom. The van der Waals surface area contributed by atoms with Gasteiger partial charge in [-0.25, -0.2) is 4.39 Å². The van der Waals surface area contributed by atoms with Crippen LogP contribution in [-0.4, -0.2) is 12.0 Å². The molecule has 2 aromatic carbocycles. The fourth-order valence-corrected chi connectivity index (χ4v) is 2.33. The molecule has 110 valence electrons. The first-order valence-corrected chi connectivity index (χ1v) is 7.25. The molecule has 1 atom stereocenters. The van der Waals surface area contributed by atoms with Crippen molar-refractivity contribution in [3.8, 4) is 5.75 Å². The molecule has 3 nitrogen and oxygen atoms in total. The zero-order chi connectivity index (χ0) is 15.4. The predicted octanol–water partition coefficient (Wildman–Crippen LogP) is 4.30. The Balaban J connectivity index is 2.04. The highest BCUT2D eigenvalue weighted by Gasteiger charge is 2.17. The molecule has 0 aliphatic carbocycles. The van der Waals surface area contributed by atoms with E-state index >= 15 is 0 Å². The van der Waals surface area contributed by atoms with Crippen molar-refractivity contribution in [1.29, 1.82) is 0 Å². The lowest BCUT2D eigenvalue weighted by Gasteiger charge is -2.16. The van der Waals surface area contributed by atoms with E-state index in [0.717, 1.165) is 10.0 Å². The minimum atomic E-state index is -0.747. The zero-order valence-corrected chi connectivity index (χ0v) is 13.3. The third-order valence-corrected chi connectivity index (χ3v) is 3.51. The molecule has 2 rings (SSSR count). The molecule has 0 spiro atoms. The minimum absolute atomic E-state index is 0.140. The van der Waals surface area contributed by atoms with Crippen LogP contribution >= 0.6 is 15.9 Å². The van der Waals surface area contributed by atoms with Crippen LogP contribution in [0.1, 0.15) is 12.5 Å². The second kappa shape index (κ2) is 6.72. The van der Waals surface area contributed by atoms with Crippen LogP contribution in [0.4, 0.5) is 10.1 Å². The molecule has 0 saturated carbocycles. The van der Waals surface area contributed by atoms with E-state index in [1.807, 2.05) is 19.1 Å². The SMILES string of the molecule is Cc1ccc(O[C@@H](C)C(=O)Nc2ccccc2F)c(Br)c1. The quantitative estimate of drug-likeness (QED) is 0.891. The van der Waals surface area contributed by atoms with Crippen molar-refractivity contribution >= 4 is 27.5 Å². The largest absolute Gasteiger partial charge is 0.480 e. The van der Waals surface area contributed by atoms with E-state index in [9.17, 15) is 9.18 Å². The van der Waals surface area contributed by atoms with Gasteiger partial charge < -0.3 is 10.1 Å². The molecule has 5 heteroatoms. The number of anilines is 1. The Bertz CT molecular complexity index is 660. The first-order chi connectivity index (χ1) is 9.97. The molecule has 0 radical (unpaired) electrons. The third kappa shape index (κ3) is 4.04. The van der Waals surface area contributed by atoms with Crippen molar-refractivity contribution in [2.24, 2.45) is 0 Å². The summed E-state index contributed by atoms with van der Waals surface area (Å²) in [6.07, 6.45) is -0.747. The first-order valence-electron chi connectivity index (χ1n) is 6.45. The standard InChI is InChI=1S/C16H15BrFNO2/c1-10-7-8-15(12(17)9-10)21-11(2)16(20)19-14-6-4-3-5-13(14)18/h3-9,11H,1-2H3,(H,19,20)/t11-/m0/s1. The molecule has 0 unspecified atom stereocenters. The molecular weight excluding hydrogens is 337 g/mol. The van der Waals surface area contributed by atoms with Crippen molar-refractivity contribution in [1.82, 2.24) is 0 Å². The number of hydrogen-bond donors (Lipinski definition) is 1. The molecule has 0 heterocycles. The van der Waals surface area contributed by atoms with Gasteiger partial charge >= 0.3 is 0 Å². The summed E-state index contributed by atoms with van der Waals surface area (Å²) in [7, 11) is 0. The summed E-state index contributed by atoms with van der Waals surface area (Å²) in [5.41, 5.74) is 1.22. The van der Waals surface area contributed by atoms with Crippen LogP contribution in [0.2, 0.25) is 0 Å². The number of amides is 1. The number of halogens is 2. The minimum Gasteiger partial charge on any atom is -0.480 e. The van der Waals surface area contributed by atoms with Gasteiger partial charge in [0.2, 0.25) is 0 Å². The van der Waals surface area contributed by atoms with Crippen LogP contribution in [0, 0.1) is 12.7 Å². The van der Waals surface area contributed by atoms with E-state index in [2.05, 4.69) is 21.2 Å². The lowest BCUT2D eigenvalue weighted by Crippen LogP contribution is -2.30. The van der Waals surface area contributed by atoms with E-state index in [1.54, 1.807) is 25.1 Å². The predicted molar refractivity (Wildman–Crippen MR) is 84.0 cm³/mol. The molecule has 1 N–H and O–H groups in total. The number of para-hydroxylation sites is 1. The second-order valence-electron chi connectivity index (χ2n) is 4.66. The molecule has 0 saturated heterocycles. The summed E-state index contributed by atoms with van der Waals surface area (Å²) >= 11 is 3.39. The van der Waals surface area contributed by atoms with Gasteiger partial charge in [0.15, 0.2) is 6.10 Å². The Morgan fingerprint density at radius 2 is 2.00 bits per heavy atom. The maximum atomic E-state index is 13.5.